The van der Waals surface area contributed by atoms with Gasteiger partial charge in [-0.2, -0.15) is 0 Å². The molecule has 24 heavy (non-hydrogen) atoms. The van der Waals surface area contributed by atoms with Crippen LogP contribution >= 0.6 is 0 Å². The van der Waals surface area contributed by atoms with E-state index in [4.69, 9.17) is 9.47 Å². The summed E-state index contributed by atoms with van der Waals surface area (Å²) in [6, 6.07) is 9.57. The van der Waals surface area contributed by atoms with Gasteiger partial charge in [0.2, 0.25) is 5.88 Å². The van der Waals surface area contributed by atoms with Crippen molar-refractivity contribution in [1.29, 1.82) is 0 Å². The molecule has 0 unspecified atom stereocenters. The minimum absolute atomic E-state index is 0.0963. The minimum atomic E-state index is -0.289. The Morgan fingerprint density at radius 3 is 2.79 bits per heavy atom. The lowest BCUT2D eigenvalue weighted by atomic mass is 10.1. The second-order valence-electron chi connectivity index (χ2n) is 5.48. The molecule has 1 aromatic carbocycles. The number of halogens is 1. The van der Waals surface area contributed by atoms with Crippen molar-refractivity contribution in [3.8, 4) is 5.88 Å². The highest BCUT2D eigenvalue weighted by Crippen LogP contribution is 2.23. The maximum absolute atomic E-state index is 13.0. The first kappa shape index (κ1) is 16.4. The standard InChI is InChI=1S/C18H19FN2O3/c1-2-23-17-8-5-14(11-20-17)18(22)21-9-10-24-16(12-21)13-3-6-15(19)7-4-13/h3-8,11,16H,2,9-10,12H2,1H3/t16-/m0/s1. The second-order valence-corrected chi connectivity index (χ2v) is 5.48. The molecule has 1 atom stereocenters. The Balaban J connectivity index is 1.69. The fraction of sp³-hybridized carbons (Fsp3) is 0.333. The summed E-state index contributed by atoms with van der Waals surface area (Å²) in [5.74, 6) is 0.115. The highest BCUT2D eigenvalue weighted by atomic mass is 19.1. The Kier molecular flexibility index (Phi) is 5.05. The molecule has 2 heterocycles. The molecule has 0 radical (unpaired) electrons. The normalized spacial score (nSPS) is 17.6. The first-order chi connectivity index (χ1) is 11.7. The molecule has 1 fully saturated rings. The summed E-state index contributed by atoms with van der Waals surface area (Å²) >= 11 is 0. The Labute approximate surface area is 140 Å². The van der Waals surface area contributed by atoms with Crippen molar-refractivity contribution in [3.05, 3.63) is 59.5 Å². The van der Waals surface area contributed by atoms with Crippen LogP contribution in [0.3, 0.4) is 0 Å². The number of morpholine rings is 1. The predicted octanol–water partition coefficient (Wildman–Crippen LogP) is 2.83. The number of amides is 1. The van der Waals surface area contributed by atoms with Gasteiger partial charge in [-0.1, -0.05) is 12.1 Å². The van der Waals surface area contributed by atoms with Crippen molar-refractivity contribution in [3.63, 3.8) is 0 Å². The molecule has 0 saturated carbocycles. The van der Waals surface area contributed by atoms with Gasteiger partial charge in [-0.25, -0.2) is 9.37 Å². The fourth-order valence-corrected chi connectivity index (χ4v) is 2.64. The monoisotopic (exact) mass is 330 g/mol. The molecule has 1 amide bonds. The van der Waals surface area contributed by atoms with E-state index in [0.717, 1.165) is 5.56 Å². The third-order valence-corrected chi connectivity index (χ3v) is 3.87. The van der Waals surface area contributed by atoms with Gasteiger partial charge in [0.1, 0.15) is 11.9 Å². The number of carbonyl (C=O) groups is 1. The number of rotatable bonds is 4. The van der Waals surface area contributed by atoms with E-state index in [1.807, 2.05) is 6.92 Å². The Hall–Kier alpha value is -2.47. The zero-order valence-electron chi connectivity index (χ0n) is 13.4. The van der Waals surface area contributed by atoms with Gasteiger partial charge in [0.15, 0.2) is 0 Å². The molecule has 126 valence electrons. The van der Waals surface area contributed by atoms with Crippen LogP contribution < -0.4 is 4.74 Å². The summed E-state index contributed by atoms with van der Waals surface area (Å²) in [5.41, 5.74) is 1.37. The molecule has 2 aromatic rings. The number of carbonyl (C=O) groups excluding carboxylic acids is 1. The number of aromatic nitrogens is 1. The van der Waals surface area contributed by atoms with Gasteiger partial charge in [-0.15, -0.1) is 0 Å². The van der Waals surface area contributed by atoms with Gasteiger partial charge < -0.3 is 14.4 Å². The van der Waals surface area contributed by atoms with E-state index in [-0.39, 0.29) is 17.8 Å². The molecule has 0 N–H and O–H groups in total. The number of hydrogen-bond donors (Lipinski definition) is 0. The zero-order chi connectivity index (χ0) is 16.9. The maximum atomic E-state index is 13.0. The summed E-state index contributed by atoms with van der Waals surface area (Å²) in [6.07, 6.45) is 1.27. The van der Waals surface area contributed by atoms with Crippen molar-refractivity contribution in [2.24, 2.45) is 0 Å². The van der Waals surface area contributed by atoms with Crippen molar-refractivity contribution in [1.82, 2.24) is 9.88 Å². The molecule has 1 aromatic heterocycles. The number of ether oxygens (including phenoxy) is 2. The van der Waals surface area contributed by atoms with Crippen LogP contribution in [0, 0.1) is 5.82 Å². The van der Waals surface area contributed by atoms with E-state index >= 15 is 0 Å². The maximum Gasteiger partial charge on any atom is 0.255 e. The van der Waals surface area contributed by atoms with E-state index in [1.165, 1.54) is 18.3 Å². The molecule has 1 aliphatic heterocycles. The summed E-state index contributed by atoms with van der Waals surface area (Å²) in [4.78, 5) is 18.5. The molecular formula is C18H19FN2O3. The smallest absolute Gasteiger partial charge is 0.255 e. The summed E-state index contributed by atoms with van der Waals surface area (Å²) in [7, 11) is 0. The molecular weight excluding hydrogens is 311 g/mol. The average molecular weight is 330 g/mol. The van der Waals surface area contributed by atoms with Gasteiger partial charge >= 0.3 is 0 Å². The van der Waals surface area contributed by atoms with E-state index in [2.05, 4.69) is 4.98 Å². The molecule has 1 saturated heterocycles. The van der Waals surface area contributed by atoms with Gasteiger partial charge in [-0.3, -0.25) is 4.79 Å². The Morgan fingerprint density at radius 1 is 1.33 bits per heavy atom. The van der Waals surface area contributed by atoms with Gasteiger partial charge in [0, 0.05) is 18.8 Å². The zero-order valence-corrected chi connectivity index (χ0v) is 13.4. The predicted molar refractivity (Wildman–Crippen MR) is 86.4 cm³/mol. The lowest BCUT2D eigenvalue weighted by molar-refractivity contribution is -0.0228. The van der Waals surface area contributed by atoms with Crippen LogP contribution in [0.15, 0.2) is 42.6 Å². The quantitative estimate of drug-likeness (QED) is 0.865. The fourth-order valence-electron chi connectivity index (χ4n) is 2.64. The van der Waals surface area contributed by atoms with E-state index < -0.39 is 0 Å². The Bertz CT molecular complexity index is 688. The van der Waals surface area contributed by atoms with Crippen LogP contribution in [0.4, 0.5) is 4.39 Å². The summed E-state index contributed by atoms with van der Waals surface area (Å²) < 4.78 is 24.0. The molecule has 1 aliphatic rings. The first-order valence-electron chi connectivity index (χ1n) is 7.92. The van der Waals surface area contributed by atoms with Gasteiger partial charge in [0.05, 0.1) is 25.3 Å². The topological polar surface area (TPSA) is 51.7 Å². The van der Waals surface area contributed by atoms with Crippen molar-refractivity contribution >= 4 is 5.91 Å². The van der Waals surface area contributed by atoms with Crippen molar-refractivity contribution in [2.75, 3.05) is 26.3 Å². The number of hydrogen-bond acceptors (Lipinski definition) is 4. The van der Waals surface area contributed by atoms with Crippen LogP contribution in [0.1, 0.15) is 28.9 Å². The van der Waals surface area contributed by atoms with Crippen LogP contribution in [-0.4, -0.2) is 42.1 Å². The summed E-state index contributed by atoms with van der Waals surface area (Å²) in [5, 5.41) is 0. The largest absolute Gasteiger partial charge is 0.478 e. The lowest BCUT2D eigenvalue weighted by Gasteiger charge is -2.33. The molecule has 5 nitrogen and oxygen atoms in total. The lowest BCUT2D eigenvalue weighted by Crippen LogP contribution is -2.42. The number of nitrogens with zero attached hydrogens (tertiary/aromatic N) is 2. The minimum Gasteiger partial charge on any atom is -0.478 e. The SMILES string of the molecule is CCOc1ccc(C(=O)N2CCO[C@H](c3ccc(F)cc3)C2)cn1. The van der Waals surface area contributed by atoms with E-state index in [0.29, 0.717) is 37.7 Å². The number of benzene rings is 1. The van der Waals surface area contributed by atoms with E-state index in [9.17, 15) is 9.18 Å². The number of pyridine rings is 1. The Morgan fingerprint density at radius 2 is 2.12 bits per heavy atom. The summed E-state index contributed by atoms with van der Waals surface area (Å²) in [6.45, 7) is 3.80. The molecule has 0 bridgehead atoms. The van der Waals surface area contributed by atoms with Crippen molar-refractivity contribution < 1.29 is 18.7 Å². The molecule has 3 rings (SSSR count). The van der Waals surface area contributed by atoms with Crippen LogP contribution in [0.5, 0.6) is 5.88 Å². The molecule has 6 heteroatoms. The van der Waals surface area contributed by atoms with Crippen LogP contribution in [0.2, 0.25) is 0 Å². The second kappa shape index (κ2) is 7.40. The van der Waals surface area contributed by atoms with Gasteiger partial charge in [-0.05, 0) is 30.7 Å². The first-order valence-corrected chi connectivity index (χ1v) is 7.92. The van der Waals surface area contributed by atoms with E-state index in [1.54, 1.807) is 29.2 Å². The third-order valence-electron chi connectivity index (χ3n) is 3.87. The highest BCUT2D eigenvalue weighted by molar-refractivity contribution is 5.94. The van der Waals surface area contributed by atoms with Crippen LogP contribution in [-0.2, 0) is 4.74 Å². The van der Waals surface area contributed by atoms with Crippen molar-refractivity contribution in [2.45, 2.75) is 13.0 Å². The molecule has 0 spiro atoms. The third kappa shape index (κ3) is 3.71. The highest BCUT2D eigenvalue weighted by Gasteiger charge is 2.26. The average Bonchev–Trinajstić information content (AvgIpc) is 2.63. The molecule has 0 aliphatic carbocycles. The van der Waals surface area contributed by atoms with Crippen LogP contribution in [0.25, 0.3) is 0 Å². The van der Waals surface area contributed by atoms with Gasteiger partial charge in [0.25, 0.3) is 5.91 Å².